The van der Waals surface area contributed by atoms with Crippen LogP contribution in [-0.2, 0) is 17.9 Å². The number of aryl methyl sites for hydroxylation is 1. The van der Waals surface area contributed by atoms with Crippen LogP contribution in [-0.4, -0.2) is 30.0 Å². The smallest absolute Gasteiger partial charge is 0.0927 e. The van der Waals surface area contributed by atoms with Crippen molar-refractivity contribution in [3.05, 3.63) is 30.0 Å². The zero-order chi connectivity index (χ0) is 13.0. The summed E-state index contributed by atoms with van der Waals surface area (Å²) in [5, 5.41) is 8.56. The summed E-state index contributed by atoms with van der Waals surface area (Å²) in [7, 11) is 3.75. The van der Waals surface area contributed by atoms with E-state index >= 15 is 0 Å². The van der Waals surface area contributed by atoms with Crippen LogP contribution in [0.2, 0.25) is 0 Å². The van der Waals surface area contributed by atoms with Crippen LogP contribution in [0.4, 0.5) is 0 Å². The minimum absolute atomic E-state index is 0.338. The average molecular weight is 247 g/mol. The van der Waals surface area contributed by atoms with Gasteiger partial charge in [0.25, 0.3) is 0 Å². The molecular weight excluding hydrogens is 226 g/mol. The van der Waals surface area contributed by atoms with Crippen molar-refractivity contribution in [1.82, 2.24) is 15.1 Å². The van der Waals surface area contributed by atoms with Gasteiger partial charge < -0.3 is 10.1 Å². The summed E-state index contributed by atoms with van der Waals surface area (Å²) in [6.07, 6.45) is 1.38. The summed E-state index contributed by atoms with van der Waals surface area (Å²) >= 11 is 0. The van der Waals surface area contributed by atoms with Crippen LogP contribution in [0.25, 0.3) is 10.9 Å². The van der Waals surface area contributed by atoms with E-state index in [2.05, 4.69) is 40.2 Å². The molecule has 0 amide bonds. The van der Waals surface area contributed by atoms with E-state index in [4.69, 9.17) is 4.74 Å². The molecular formula is C14H21N3O. The Kier molecular flexibility index (Phi) is 4.33. The third-order valence-corrected chi connectivity index (χ3v) is 3.01. The van der Waals surface area contributed by atoms with Crippen LogP contribution in [0, 0.1) is 0 Å². The zero-order valence-corrected chi connectivity index (χ0v) is 11.3. The molecule has 1 unspecified atom stereocenters. The predicted octanol–water partition coefficient (Wildman–Crippen LogP) is 2.18. The number of fused-ring (bicyclic) bond motifs is 3. The lowest BCUT2D eigenvalue weighted by Crippen LogP contribution is -2.06. The number of hydrogen-bond acceptors (Lipinski definition) is 3. The van der Waals surface area contributed by atoms with Crippen molar-refractivity contribution in [2.75, 3.05) is 14.1 Å². The van der Waals surface area contributed by atoms with Crippen molar-refractivity contribution < 1.29 is 4.74 Å². The lowest BCUT2D eigenvalue weighted by molar-refractivity contribution is 0.0542. The van der Waals surface area contributed by atoms with E-state index in [-0.39, 0.29) is 0 Å². The fraction of sp³-hybridized carbons (Fsp3) is 0.500. The van der Waals surface area contributed by atoms with Gasteiger partial charge in [0.1, 0.15) is 0 Å². The van der Waals surface area contributed by atoms with Crippen LogP contribution >= 0.6 is 0 Å². The third-order valence-electron chi connectivity index (χ3n) is 3.01. The Morgan fingerprint density at radius 1 is 1.33 bits per heavy atom. The van der Waals surface area contributed by atoms with Gasteiger partial charge in [0.05, 0.1) is 23.9 Å². The molecule has 1 N–H and O–H groups in total. The molecule has 0 aliphatic carbocycles. The zero-order valence-electron chi connectivity index (χ0n) is 11.3. The largest absolute Gasteiger partial charge is 0.372 e. The number of ether oxygens (including phenoxy) is 1. The maximum atomic E-state index is 5.73. The highest BCUT2D eigenvalue weighted by Crippen LogP contribution is 2.22. The summed E-state index contributed by atoms with van der Waals surface area (Å²) in [6.45, 7) is 3.77. The van der Waals surface area contributed by atoms with Gasteiger partial charge in [-0.05, 0) is 33.5 Å². The van der Waals surface area contributed by atoms with Crippen LogP contribution < -0.4 is 5.32 Å². The van der Waals surface area contributed by atoms with Crippen LogP contribution in [0.3, 0.4) is 0 Å². The van der Waals surface area contributed by atoms with E-state index in [1.54, 1.807) is 0 Å². The lowest BCUT2D eigenvalue weighted by Gasteiger charge is -2.06. The predicted molar refractivity (Wildman–Crippen MR) is 73.6 cm³/mol. The second-order valence-corrected chi connectivity index (χ2v) is 4.60. The van der Waals surface area contributed by atoms with E-state index in [1.807, 2.05) is 20.2 Å². The molecule has 1 aromatic heterocycles. The Labute approximate surface area is 108 Å². The number of hydrogen-bond donors (Lipinski definition) is 1. The third kappa shape index (κ3) is 2.71. The highest BCUT2D eigenvalue weighted by molar-refractivity contribution is 5.81. The first kappa shape index (κ1) is 13.1. The van der Waals surface area contributed by atoms with Crippen LogP contribution in [0.15, 0.2) is 24.3 Å². The minimum Gasteiger partial charge on any atom is -0.372 e. The Bertz CT molecular complexity index is 507. The molecule has 0 fully saturated rings. The van der Waals surface area contributed by atoms with E-state index in [1.165, 1.54) is 11.1 Å². The molecule has 0 saturated heterocycles. The second-order valence-electron chi connectivity index (χ2n) is 4.60. The molecule has 4 heteroatoms. The van der Waals surface area contributed by atoms with E-state index in [0.717, 1.165) is 18.5 Å². The van der Waals surface area contributed by atoms with Gasteiger partial charge in [0.15, 0.2) is 0 Å². The van der Waals surface area contributed by atoms with Crippen molar-refractivity contribution in [1.29, 1.82) is 0 Å². The molecule has 1 aliphatic heterocycles. The molecule has 2 aromatic rings. The number of benzene rings is 1. The summed E-state index contributed by atoms with van der Waals surface area (Å²) < 4.78 is 7.83. The quantitative estimate of drug-likeness (QED) is 0.775. The standard InChI is InChI=1S/C12H14N2O.C2H7N/c1-9-6-7-14-12(8-15-9)10-4-2-3-5-11(10)13-14;1-3-2/h2-5,9H,6-8H2,1H3;3H,1-2H3. The first-order chi connectivity index (χ1) is 8.76. The molecule has 1 atom stereocenters. The molecule has 3 rings (SSSR count). The minimum atomic E-state index is 0.338. The Hall–Kier alpha value is -1.39. The summed E-state index contributed by atoms with van der Waals surface area (Å²) in [6, 6.07) is 8.26. The van der Waals surface area contributed by atoms with Crippen molar-refractivity contribution in [3.8, 4) is 0 Å². The number of aromatic nitrogens is 2. The Morgan fingerprint density at radius 2 is 2.06 bits per heavy atom. The normalized spacial score (nSPS) is 18.7. The van der Waals surface area contributed by atoms with E-state index in [0.29, 0.717) is 12.7 Å². The molecule has 0 saturated carbocycles. The van der Waals surface area contributed by atoms with Gasteiger partial charge in [-0.15, -0.1) is 0 Å². The van der Waals surface area contributed by atoms with Gasteiger partial charge in [-0.3, -0.25) is 4.68 Å². The SMILES string of the molecule is CC1CCn2nc3ccccc3c2CO1.CNC. The van der Waals surface area contributed by atoms with Gasteiger partial charge in [-0.25, -0.2) is 0 Å². The fourth-order valence-electron chi connectivity index (χ4n) is 2.08. The van der Waals surface area contributed by atoms with Crippen LogP contribution in [0.5, 0.6) is 0 Å². The number of rotatable bonds is 0. The monoisotopic (exact) mass is 247 g/mol. The first-order valence-corrected chi connectivity index (χ1v) is 6.40. The van der Waals surface area contributed by atoms with Gasteiger partial charge in [-0.2, -0.15) is 5.10 Å². The first-order valence-electron chi connectivity index (χ1n) is 6.40. The molecule has 0 radical (unpaired) electrons. The highest BCUT2D eigenvalue weighted by Gasteiger charge is 2.16. The highest BCUT2D eigenvalue weighted by atomic mass is 16.5. The van der Waals surface area contributed by atoms with Crippen LogP contribution in [0.1, 0.15) is 19.0 Å². The molecule has 98 valence electrons. The van der Waals surface area contributed by atoms with E-state index in [9.17, 15) is 0 Å². The fourth-order valence-corrected chi connectivity index (χ4v) is 2.08. The molecule has 0 bridgehead atoms. The topological polar surface area (TPSA) is 39.1 Å². The molecule has 0 spiro atoms. The number of nitrogens with one attached hydrogen (secondary N) is 1. The lowest BCUT2D eigenvalue weighted by atomic mass is 10.2. The maximum absolute atomic E-state index is 5.73. The van der Waals surface area contributed by atoms with Crippen molar-refractivity contribution in [3.63, 3.8) is 0 Å². The number of nitrogens with zero attached hydrogens (tertiary/aromatic N) is 2. The van der Waals surface area contributed by atoms with Crippen molar-refractivity contribution >= 4 is 10.9 Å². The van der Waals surface area contributed by atoms with Gasteiger partial charge in [0.2, 0.25) is 0 Å². The molecule has 1 aliphatic rings. The van der Waals surface area contributed by atoms with Crippen molar-refractivity contribution in [2.45, 2.75) is 32.6 Å². The molecule has 1 aromatic carbocycles. The Morgan fingerprint density at radius 3 is 2.83 bits per heavy atom. The second kappa shape index (κ2) is 5.98. The average Bonchev–Trinajstić information content (AvgIpc) is 2.62. The molecule has 18 heavy (non-hydrogen) atoms. The summed E-state index contributed by atoms with van der Waals surface area (Å²) in [5.41, 5.74) is 2.29. The molecule has 2 heterocycles. The van der Waals surface area contributed by atoms with Gasteiger partial charge >= 0.3 is 0 Å². The Balaban J connectivity index is 0.000000367. The van der Waals surface area contributed by atoms with E-state index < -0.39 is 0 Å². The maximum Gasteiger partial charge on any atom is 0.0927 e. The summed E-state index contributed by atoms with van der Waals surface area (Å²) in [4.78, 5) is 0. The van der Waals surface area contributed by atoms with Crippen molar-refractivity contribution in [2.24, 2.45) is 0 Å². The molecule has 4 nitrogen and oxygen atoms in total. The van der Waals surface area contributed by atoms with Gasteiger partial charge in [0, 0.05) is 11.9 Å². The van der Waals surface area contributed by atoms with Gasteiger partial charge in [-0.1, -0.05) is 18.2 Å². The summed E-state index contributed by atoms with van der Waals surface area (Å²) in [5.74, 6) is 0.